The maximum atomic E-state index is 12.0. The summed E-state index contributed by atoms with van der Waals surface area (Å²) in [7, 11) is 0. The maximum Gasteiger partial charge on any atom is 0.255 e. The van der Waals surface area contributed by atoms with Crippen LogP contribution in [0.15, 0.2) is 0 Å². The largest absolute Gasteiger partial charge is 0.395 e. The van der Waals surface area contributed by atoms with Gasteiger partial charge in [0.1, 0.15) is 0 Å². The zero-order chi connectivity index (χ0) is 11.1. The molecule has 1 atom stereocenters. The molecular weight excluding hydrogens is 194 g/mol. The van der Waals surface area contributed by atoms with E-state index in [0.29, 0.717) is 6.42 Å². The van der Waals surface area contributed by atoms with Gasteiger partial charge in [-0.05, 0) is 6.42 Å². The second-order valence-corrected chi connectivity index (χ2v) is 2.91. The summed E-state index contributed by atoms with van der Waals surface area (Å²) in [5.74, 6) is -0.540. The van der Waals surface area contributed by atoms with Gasteiger partial charge in [-0.25, -0.2) is 8.78 Å². The van der Waals surface area contributed by atoms with Crippen LogP contribution in [-0.4, -0.2) is 48.1 Å². The molecule has 0 saturated carbocycles. The lowest BCUT2D eigenvalue weighted by Crippen LogP contribution is -2.46. The van der Waals surface area contributed by atoms with Crippen molar-refractivity contribution in [2.75, 3.05) is 19.7 Å². The standard InChI is InChI=1S/C8H16F2N2O2/c1-2-6(11)8(14)12(3-4-13)5-7(9)10/h6-7,13H,2-5,11H2,1H3/t6-/m1/s1. The van der Waals surface area contributed by atoms with Crippen molar-refractivity contribution in [3.8, 4) is 0 Å². The van der Waals surface area contributed by atoms with E-state index in [4.69, 9.17) is 10.8 Å². The molecule has 3 N–H and O–H groups in total. The van der Waals surface area contributed by atoms with Gasteiger partial charge in [0.05, 0.1) is 19.2 Å². The van der Waals surface area contributed by atoms with Crippen molar-refractivity contribution < 1.29 is 18.7 Å². The zero-order valence-electron chi connectivity index (χ0n) is 8.12. The molecule has 0 heterocycles. The van der Waals surface area contributed by atoms with E-state index < -0.39 is 24.9 Å². The monoisotopic (exact) mass is 210 g/mol. The minimum Gasteiger partial charge on any atom is -0.395 e. The zero-order valence-corrected chi connectivity index (χ0v) is 8.12. The van der Waals surface area contributed by atoms with Crippen molar-refractivity contribution in [1.29, 1.82) is 0 Å². The highest BCUT2D eigenvalue weighted by Crippen LogP contribution is 2.02. The Balaban J connectivity index is 4.24. The molecule has 0 aromatic carbocycles. The summed E-state index contributed by atoms with van der Waals surface area (Å²) in [5.41, 5.74) is 5.41. The van der Waals surface area contributed by atoms with Crippen LogP contribution in [0.25, 0.3) is 0 Å². The molecule has 0 unspecified atom stereocenters. The molecule has 14 heavy (non-hydrogen) atoms. The average Bonchev–Trinajstić information content (AvgIpc) is 2.14. The number of halogens is 2. The van der Waals surface area contributed by atoms with Gasteiger partial charge in [0.25, 0.3) is 6.43 Å². The van der Waals surface area contributed by atoms with Crippen molar-refractivity contribution in [1.82, 2.24) is 4.90 Å². The molecule has 0 aliphatic rings. The van der Waals surface area contributed by atoms with E-state index in [9.17, 15) is 13.6 Å². The summed E-state index contributed by atoms with van der Waals surface area (Å²) in [5, 5.41) is 8.57. The van der Waals surface area contributed by atoms with Gasteiger partial charge in [-0.1, -0.05) is 6.92 Å². The van der Waals surface area contributed by atoms with Gasteiger partial charge in [0.2, 0.25) is 5.91 Å². The highest BCUT2D eigenvalue weighted by molar-refractivity contribution is 5.81. The van der Waals surface area contributed by atoms with E-state index in [2.05, 4.69) is 0 Å². The fourth-order valence-corrected chi connectivity index (χ4v) is 0.988. The Kier molecular flexibility index (Phi) is 6.31. The number of carbonyl (C=O) groups excluding carboxylic acids is 1. The van der Waals surface area contributed by atoms with Crippen molar-refractivity contribution in [2.24, 2.45) is 5.73 Å². The Bertz CT molecular complexity index is 179. The quantitative estimate of drug-likeness (QED) is 0.638. The average molecular weight is 210 g/mol. The summed E-state index contributed by atoms with van der Waals surface area (Å²) in [6.07, 6.45) is -2.21. The van der Waals surface area contributed by atoms with Crippen molar-refractivity contribution in [3.63, 3.8) is 0 Å². The highest BCUT2D eigenvalue weighted by atomic mass is 19.3. The molecule has 0 rings (SSSR count). The Hall–Kier alpha value is -0.750. The number of rotatable bonds is 6. The van der Waals surface area contributed by atoms with Crippen LogP contribution in [0.3, 0.4) is 0 Å². The number of alkyl halides is 2. The number of amides is 1. The Morgan fingerprint density at radius 1 is 1.57 bits per heavy atom. The first-order valence-corrected chi connectivity index (χ1v) is 4.46. The molecule has 0 bridgehead atoms. The molecule has 1 amide bonds. The first-order chi connectivity index (χ1) is 6.52. The number of hydrogen-bond donors (Lipinski definition) is 2. The van der Waals surface area contributed by atoms with E-state index in [1.807, 2.05) is 0 Å². The van der Waals surface area contributed by atoms with Crippen LogP contribution in [0.1, 0.15) is 13.3 Å². The molecule has 84 valence electrons. The normalized spacial score (nSPS) is 13.0. The van der Waals surface area contributed by atoms with Gasteiger partial charge in [0.15, 0.2) is 0 Å². The van der Waals surface area contributed by atoms with Gasteiger partial charge >= 0.3 is 0 Å². The molecule has 6 heteroatoms. The van der Waals surface area contributed by atoms with E-state index in [0.717, 1.165) is 4.90 Å². The van der Waals surface area contributed by atoms with Gasteiger partial charge < -0.3 is 15.7 Å². The number of aliphatic hydroxyl groups excluding tert-OH is 1. The minimum absolute atomic E-state index is 0.100. The molecule has 0 radical (unpaired) electrons. The lowest BCUT2D eigenvalue weighted by Gasteiger charge is -2.23. The predicted octanol–water partition coefficient (Wildman–Crippen LogP) is -0.190. The van der Waals surface area contributed by atoms with Crippen molar-refractivity contribution in [2.45, 2.75) is 25.8 Å². The van der Waals surface area contributed by atoms with Crippen LogP contribution < -0.4 is 5.73 Å². The lowest BCUT2D eigenvalue weighted by atomic mass is 10.2. The summed E-state index contributed by atoms with van der Waals surface area (Å²) in [6, 6.07) is -0.764. The molecule has 4 nitrogen and oxygen atoms in total. The van der Waals surface area contributed by atoms with Crippen LogP contribution in [0.2, 0.25) is 0 Å². The third-order valence-electron chi connectivity index (χ3n) is 1.80. The summed E-state index contributed by atoms with van der Waals surface area (Å²) < 4.78 is 24.0. The first-order valence-electron chi connectivity index (χ1n) is 4.46. The molecular formula is C8H16F2N2O2. The second-order valence-electron chi connectivity index (χ2n) is 2.91. The highest BCUT2D eigenvalue weighted by Gasteiger charge is 2.21. The topological polar surface area (TPSA) is 66.6 Å². The minimum atomic E-state index is -2.60. The maximum absolute atomic E-state index is 12.0. The Morgan fingerprint density at radius 2 is 2.14 bits per heavy atom. The molecule has 0 aliphatic heterocycles. The van der Waals surface area contributed by atoms with Crippen molar-refractivity contribution >= 4 is 5.91 Å². The van der Waals surface area contributed by atoms with E-state index in [-0.39, 0.29) is 13.2 Å². The van der Waals surface area contributed by atoms with Crippen LogP contribution in [0.4, 0.5) is 8.78 Å². The van der Waals surface area contributed by atoms with Crippen LogP contribution in [0.5, 0.6) is 0 Å². The van der Waals surface area contributed by atoms with Gasteiger partial charge in [-0.15, -0.1) is 0 Å². The third kappa shape index (κ3) is 4.48. The summed E-state index contributed by atoms with van der Waals surface area (Å²) in [6.45, 7) is 0.584. The fourth-order valence-electron chi connectivity index (χ4n) is 0.988. The fraction of sp³-hybridized carbons (Fsp3) is 0.875. The van der Waals surface area contributed by atoms with Crippen LogP contribution in [-0.2, 0) is 4.79 Å². The molecule has 0 fully saturated rings. The van der Waals surface area contributed by atoms with Crippen molar-refractivity contribution in [3.05, 3.63) is 0 Å². The first kappa shape index (κ1) is 13.2. The van der Waals surface area contributed by atoms with Crippen LogP contribution >= 0.6 is 0 Å². The van der Waals surface area contributed by atoms with Crippen LogP contribution in [0, 0.1) is 0 Å². The number of nitrogens with two attached hydrogens (primary N) is 1. The Morgan fingerprint density at radius 3 is 2.50 bits per heavy atom. The smallest absolute Gasteiger partial charge is 0.255 e. The van der Waals surface area contributed by atoms with Gasteiger partial charge in [0, 0.05) is 6.54 Å². The van der Waals surface area contributed by atoms with E-state index in [1.54, 1.807) is 6.92 Å². The number of hydrogen-bond acceptors (Lipinski definition) is 3. The van der Waals surface area contributed by atoms with Gasteiger partial charge in [-0.3, -0.25) is 4.79 Å². The second kappa shape index (κ2) is 6.67. The SMILES string of the molecule is CC[C@@H](N)C(=O)N(CCO)CC(F)F. The summed E-state index contributed by atoms with van der Waals surface area (Å²) >= 11 is 0. The molecule has 0 aliphatic carbocycles. The molecule has 0 aromatic rings. The number of carbonyl (C=O) groups is 1. The molecule has 0 spiro atoms. The Labute approximate surface area is 81.7 Å². The number of aliphatic hydroxyl groups is 1. The van der Waals surface area contributed by atoms with E-state index in [1.165, 1.54) is 0 Å². The number of nitrogens with zero attached hydrogens (tertiary/aromatic N) is 1. The molecule has 0 aromatic heterocycles. The summed E-state index contributed by atoms with van der Waals surface area (Å²) in [4.78, 5) is 12.2. The lowest BCUT2D eigenvalue weighted by molar-refractivity contribution is -0.135. The predicted molar refractivity (Wildman–Crippen MR) is 47.9 cm³/mol. The van der Waals surface area contributed by atoms with E-state index >= 15 is 0 Å². The molecule has 0 saturated heterocycles. The third-order valence-corrected chi connectivity index (χ3v) is 1.80. The van der Waals surface area contributed by atoms with Gasteiger partial charge in [-0.2, -0.15) is 0 Å².